The lowest BCUT2D eigenvalue weighted by molar-refractivity contribution is -0.142. The number of carbonyl (C=O) groups is 4. The highest BCUT2D eigenvalue weighted by molar-refractivity contribution is 6.06. The molecule has 3 rings (SSSR count). The molecule has 0 aliphatic carbocycles. The zero-order chi connectivity index (χ0) is 25.2. The maximum atomic E-state index is 13.5. The number of amides is 3. The number of hydrogen-bond acceptors (Lipinski definition) is 7. The lowest BCUT2D eigenvalue weighted by atomic mass is 9.92. The van der Waals surface area contributed by atoms with Gasteiger partial charge in [-0.3, -0.25) is 19.2 Å². The number of benzene rings is 1. The smallest absolute Gasteiger partial charge is 0.304 e. The summed E-state index contributed by atoms with van der Waals surface area (Å²) in [6, 6.07) is 6.56. The molecule has 10 heteroatoms. The standard InChI is InChI=1S/C25H36N4O6/c1-35-21-7-3-2-6-20(21)25(34)29(27-15-12-23(31)32)24(33)19-5-4-16-28(17-19)22(30)9-8-18-10-13-26-14-11-18/h2-3,6-7,18-19,26-27H,4-5,8-17H2,1H3,(H,31,32)/t19-/m1/s1. The zero-order valence-corrected chi connectivity index (χ0v) is 20.3. The van der Waals surface area contributed by atoms with Crippen LogP contribution in [0.2, 0.25) is 0 Å². The highest BCUT2D eigenvalue weighted by Gasteiger charge is 2.35. The summed E-state index contributed by atoms with van der Waals surface area (Å²) in [4.78, 5) is 52.4. The lowest BCUT2D eigenvalue weighted by Gasteiger charge is -2.35. The molecule has 0 aromatic heterocycles. The average Bonchev–Trinajstić information content (AvgIpc) is 2.89. The van der Waals surface area contributed by atoms with Crippen LogP contribution in [0.25, 0.3) is 0 Å². The van der Waals surface area contributed by atoms with Gasteiger partial charge in [0, 0.05) is 26.1 Å². The molecule has 2 aliphatic heterocycles. The zero-order valence-electron chi connectivity index (χ0n) is 20.3. The second-order valence-corrected chi connectivity index (χ2v) is 9.14. The van der Waals surface area contributed by atoms with E-state index in [9.17, 15) is 19.2 Å². The summed E-state index contributed by atoms with van der Waals surface area (Å²) >= 11 is 0. The summed E-state index contributed by atoms with van der Waals surface area (Å²) in [6.07, 6.45) is 4.44. The van der Waals surface area contributed by atoms with E-state index in [2.05, 4.69) is 10.7 Å². The fourth-order valence-corrected chi connectivity index (χ4v) is 4.71. The van der Waals surface area contributed by atoms with Gasteiger partial charge in [-0.15, -0.1) is 0 Å². The van der Waals surface area contributed by atoms with Crippen molar-refractivity contribution in [2.24, 2.45) is 11.8 Å². The summed E-state index contributed by atoms with van der Waals surface area (Å²) in [5, 5.41) is 13.2. The topological polar surface area (TPSA) is 128 Å². The predicted octanol–water partition coefficient (Wildman–Crippen LogP) is 1.66. The van der Waals surface area contributed by atoms with Crippen molar-refractivity contribution in [3.8, 4) is 5.75 Å². The maximum Gasteiger partial charge on any atom is 0.304 e. The summed E-state index contributed by atoms with van der Waals surface area (Å²) in [7, 11) is 1.44. The number of likely N-dealkylation sites (tertiary alicyclic amines) is 1. The van der Waals surface area contributed by atoms with E-state index in [1.807, 2.05) is 0 Å². The van der Waals surface area contributed by atoms with Gasteiger partial charge in [0.2, 0.25) is 11.8 Å². The molecule has 0 unspecified atom stereocenters. The first kappa shape index (κ1) is 26.6. The van der Waals surface area contributed by atoms with Crippen LogP contribution >= 0.6 is 0 Å². The van der Waals surface area contributed by atoms with Crippen LogP contribution in [0.5, 0.6) is 5.75 Å². The molecule has 0 spiro atoms. The fraction of sp³-hybridized carbons (Fsp3) is 0.600. The molecule has 0 radical (unpaired) electrons. The average molecular weight is 489 g/mol. The second kappa shape index (κ2) is 13.2. The van der Waals surface area contributed by atoms with Crippen LogP contribution in [-0.2, 0) is 14.4 Å². The highest BCUT2D eigenvalue weighted by atomic mass is 16.5. The molecular weight excluding hydrogens is 452 g/mol. The maximum absolute atomic E-state index is 13.5. The molecule has 10 nitrogen and oxygen atoms in total. The number of aliphatic carboxylic acids is 1. The first-order valence-electron chi connectivity index (χ1n) is 12.4. The van der Waals surface area contributed by atoms with Gasteiger partial charge in [0.25, 0.3) is 5.91 Å². The Morgan fingerprint density at radius 2 is 1.89 bits per heavy atom. The van der Waals surface area contributed by atoms with E-state index in [-0.39, 0.29) is 31.0 Å². The Kier molecular flexibility index (Phi) is 10.0. The molecule has 0 bridgehead atoms. The molecule has 0 saturated carbocycles. The van der Waals surface area contributed by atoms with Crippen LogP contribution in [0.3, 0.4) is 0 Å². The molecule has 3 amide bonds. The van der Waals surface area contributed by atoms with Crippen LogP contribution in [-0.4, -0.2) is 78.5 Å². The Labute approximate surface area is 205 Å². The van der Waals surface area contributed by atoms with Gasteiger partial charge in [-0.25, -0.2) is 10.4 Å². The Hall–Kier alpha value is -2.98. The first-order valence-corrected chi connectivity index (χ1v) is 12.4. The first-order chi connectivity index (χ1) is 16.9. The quantitative estimate of drug-likeness (QED) is 0.335. The number of hydrogen-bond donors (Lipinski definition) is 3. The molecule has 1 aromatic carbocycles. The van der Waals surface area contributed by atoms with Crippen molar-refractivity contribution in [1.82, 2.24) is 20.7 Å². The molecule has 2 fully saturated rings. The number of rotatable bonds is 10. The second-order valence-electron chi connectivity index (χ2n) is 9.14. The highest BCUT2D eigenvalue weighted by Crippen LogP contribution is 2.24. The van der Waals surface area contributed by atoms with Crippen molar-refractivity contribution in [2.45, 2.75) is 44.9 Å². The van der Waals surface area contributed by atoms with Crippen molar-refractivity contribution in [3.05, 3.63) is 29.8 Å². The summed E-state index contributed by atoms with van der Waals surface area (Å²) in [5.74, 6) is -1.78. The number of carboxylic acids is 1. The minimum absolute atomic E-state index is 0.0440. The molecule has 1 atom stereocenters. The Balaban J connectivity index is 1.67. The van der Waals surface area contributed by atoms with E-state index in [4.69, 9.17) is 9.84 Å². The number of carboxylic acid groups (broad SMARTS) is 1. The number of nitrogens with one attached hydrogen (secondary N) is 2. The van der Waals surface area contributed by atoms with Crippen molar-refractivity contribution < 1.29 is 29.0 Å². The predicted molar refractivity (Wildman–Crippen MR) is 129 cm³/mol. The monoisotopic (exact) mass is 488 g/mol. The van der Waals surface area contributed by atoms with Crippen LogP contribution in [0, 0.1) is 11.8 Å². The molecular formula is C25H36N4O6. The third kappa shape index (κ3) is 7.50. The van der Waals surface area contributed by atoms with Gasteiger partial charge < -0.3 is 20.1 Å². The summed E-state index contributed by atoms with van der Waals surface area (Å²) < 4.78 is 5.27. The van der Waals surface area contributed by atoms with Gasteiger partial charge in [0.05, 0.1) is 25.0 Å². The van der Waals surface area contributed by atoms with E-state index < -0.39 is 23.7 Å². The van der Waals surface area contributed by atoms with Crippen molar-refractivity contribution in [2.75, 3.05) is 39.8 Å². The van der Waals surface area contributed by atoms with Crippen molar-refractivity contribution in [1.29, 1.82) is 0 Å². The number of nitrogens with zero attached hydrogens (tertiary/aromatic N) is 2. The van der Waals surface area contributed by atoms with Gasteiger partial charge in [-0.05, 0) is 63.2 Å². The molecule has 2 aliphatic rings. The fourth-order valence-electron chi connectivity index (χ4n) is 4.71. The molecule has 2 heterocycles. The third-order valence-corrected chi connectivity index (χ3v) is 6.72. The molecule has 192 valence electrons. The molecule has 3 N–H and O–H groups in total. The minimum Gasteiger partial charge on any atom is -0.496 e. The number of methoxy groups -OCH3 is 1. The van der Waals surface area contributed by atoms with Gasteiger partial charge in [-0.1, -0.05) is 12.1 Å². The van der Waals surface area contributed by atoms with E-state index in [0.29, 0.717) is 37.5 Å². The summed E-state index contributed by atoms with van der Waals surface area (Å²) in [5.41, 5.74) is 2.89. The van der Waals surface area contributed by atoms with Gasteiger partial charge in [-0.2, -0.15) is 0 Å². The van der Waals surface area contributed by atoms with Crippen LogP contribution in [0.4, 0.5) is 0 Å². The van der Waals surface area contributed by atoms with E-state index in [0.717, 1.165) is 37.4 Å². The Morgan fingerprint density at radius 1 is 1.14 bits per heavy atom. The SMILES string of the molecule is COc1ccccc1C(=O)N(NCCC(=O)O)C(=O)[C@@H]1CCCN(C(=O)CCC2CCNCC2)C1. The molecule has 1 aromatic rings. The van der Waals surface area contributed by atoms with Gasteiger partial charge in [0.15, 0.2) is 0 Å². The lowest BCUT2D eigenvalue weighted by Crippen LogP contribution is -2.53. The third-order valence-electron chi connectivity index (χ3n) is 6.72. The molecule has 2 saturated heterocycles. The number of hydrazine groups is 1. The number of piperidine rings is 2. The van der Waals surface area contributed by atoms with E-state index in [1.54, 1.807) is 29.2 Å². The minimum atomic E-state index is -1.04. The largest absolute Gasteiger partial charge is 0.496 e. The van der Waals surface area contributed by atoms with Crippen LogP contribution < -0.4 is 15.5 Å². The number of carbonyl (C=O) groups excluding carboxylic acids is 3. The van der Waals surface area contributed by atoms with E-state index >= 15 is 0 Å². The Bertz CT molecular complexity index is 902. The number of ether oxygens (including phenoxy) is 1. The van der Waals surface area contributed by atoms with Crippen LogP contribution in [0.15, 0.2) is 24.3 Å². The van der Waals surface area contributed by atoms with E-state index in [1.165, 1.54) is 7.11 Å². The van der Waals surface area contributed by atoms with Gasteiger partial charge in [0.1, 0.15) is 5.75 Å². The van der Waals surface area contributed by atoms with Crippen LogP contribution in [0.1, 0.15) is 55.3 Å². The molecule has 35 heavy (non-hydrogen) atoms. The van der Waals surface area contributed by atoms with Crippen molar-refractivity contribution >= 4 is 23.7 Å². The van der Waals surface area contributed by atoms with Crippen molar-refractivity contribution in [3.63, 3.8) is 0 Å². The normalized spacial score (nSPS) is 18.7. The number of para-hydroxylation sites is 1. The number of imide groups is 1. The Morgan fingerprint density at radius 3 is 2.60 bits per heavy atom. The van der Waals surface area contributed by atoms with Gasteiger partial charge >= 0.3 is 5.97 Å². The summed E-state index contributed by atoms with van der Waals surface area (Å²) in [6.45, 7) is 2.74.